The average molecular weight is 240 g/mol. The number of nitrogens with zero attached hydrogens (tertiary/aromatic N) is 1. The first-order valence-electron chi connectivity index (χ1n) is 5.77. The summed E-state index contributed by atoms with van der Waals surface area (Å²) in [5.41, 5.74) is 0. The van der Waals surface area contributed by atoms with Crippen molar-refractivity contribution in [3.8, 4) is 0 Å². The smallest absolute Gasteiger partial charge is 0.308 e. The molecule has 1 N–H and O–H groups in total. The predicted molar refractivity (Wildman–Crippen MR) is 57.9 cm³/mol. The Morgan fingerprint density at radius 2 is 2.00 bits per heavy atom. The molecule has 2 aliphatic heterocycles. The molecule has 2 aliphatic rings. The van der Waals surface area contributed by atoms with Crippen molar-refractivity contribution < 1.29 is 19.1 Å². The number of esters is 1. The van der Waals surface area contributed by atoms with E-state index >= 15 is 0 Å². The number of methoxy groups -OCH3 is 1. The Balaban J connectivity index is 1.89. The van der Waals surface area contributed by atoms with E-state index in [1.165, 1.54) is 7.11 Å². The van der Waals surface area contributed by atoms with Crippen LogP contribution in [0.15, 0.2) is 0 Å². The van der Waals surface area contributed by atoms with E-state index in [1.807, 2.05) is 4.90 Å². The van der Waals surface area contributed by atoms with Crippen molar-refractivity contribution in [2.45, 2.75) is 25.3 Å². The Kier molecular flexibility index (Phi) is 3.42. The normalized spacial score (nSPS) is 27.0. The second-order valence-electron chi connectivity index (χ2n) is 4.47. The number of amides is 2. The highest BCUT2D eigenvalue weighted by molar-refractivity contribution is 6.05. The van der Waals surface area contributed by atoms with Gasteiger partial charge in [-0.1, -0.05) is 0 Å². The molecule has 0 bridgehead atoms. The SMILES string of the molecule is COC(=O)C1CCN(C2CC(=O)NC2=O)CC1. The van der Waals surface area contributed by atoms with Gasteiger partial charge in [-0.3, -0.25) is 24.6 Å². The van der Waals surface area contributed by atoms with Gasteiger partial charge in [-0.2, -0.15) is 0 Å². The monoisotopic (exact) mass is 240 g/mol. The third-order valence-corrected chi connectivity index (χ3v) is 3.45. The number of likely N-dealkylation sites (tertiary alicyclic amines) is 1. The summed E-state index contributed by atoms with van der Waals surface area (Å²) in [5, 5.41) is 2.30. The predicted octanol–water partition coefficient (Wildman–Crippen LogP) is -0.713. The van der Waals surface area contributed by atoms with Crippen molar-refractivity contribution in [1.82, 2.24) is 10.2 Å². The van der Waals surface area contributed by atoms with Crippen molar-refractivity contribution in [3.63, 3.8) is 0 Å². The van der Waals surface area contributed by atoms with Crippen molar-refractivity contribution in [1.29, 1.82) is 0 Å². The van der Waals surface area contributed by atoms with Gasteiger partial charge in [0, 0.05) is 0 Å². The number of ether oxygens (including phenoxy) is 1. The number of carbonyl (C=O) groups excluding carboxylic acids is 3. The minimum absolute atomic E-state index is 0.0728. The van der Waals surface area contributed by atoms with E-state index in [0.717, 1.165) is 0 Å². The molecule has 17 heavy (non-hydrogen) atoms. The van der Waals surface area contributed by atoms with E-state index in [4.69, 9.17) is 4.74 Å². The van der Waals surface area contributed by atoms with Crippen LogP contribution in [-0.2, 0) is 19.1 Å². The largest absolute Gasteiger partial charge is 0.469 e. The first kappa shape index (κ1) is 12.0. The van der Waals surface area contributed by atoms with Gasteiger partial charge in [0.25, 0.3) is 0 Å². The summed E-state index contributed by atoms with van der Waals surface area (Å²) in [6, 6.07) is -0.346. The van der Waals surface area contributed by atoms with Crippen LogP contribution in [0.3, 0.4) is 0 Å². The third-order valence-electron chi connectivity index (χ3n) is 3.45. The number of imide groups is 1. The first-order chi connectivity index (χ1) is 8.11. The van der Waals surface area contributed by atoms with Gasteiger partial charge in [0.1, 0.15) is 0 Å². The summed E-state index contributed by atoms with van der Waals surface area (Å²) >= 11 is 0. The van der Waals surface area contributed by atoms with Crippen LogP contribution in [0, 0.1) is 5.92 Å². The topological polar surface area (TPSA) is 75.7 Å². The number of piperidine rings is 1. The molecule has 2 heterocycles. The lowest BCUT2D eigenvalue weighted by atomic mass is 9.95. The Bertz CT molecular complexity index is 347. The van der Waals surface area contributed by atoms with E-state index in [0.29, 0.717) is 25.9 Å². The number of hydrogen-bond donors (Lipinski definition) is 1. The van der Waals surface area contributed by atoms with Gasteiger partial charge in [-0.05, 0) is 25.9 Å². The molecule has 0 saturated carbocycles. The van der Waals surface area contributed by atoms with Crippen LogP contribution in [-0.4, -0.2) is 48.9 Å². The van der Waals surface area contributed by atoms with Gasteiger partial charge in [0.05, 0.1) is 25.5 Å². The van der Waals surface area contributed by atoms with Gasteiger partial charge < -0.3 is 4.74 Å². The van der Waals surface area contributed by atoms with Crippen molar-refractivity contribution >= 4 is 17.8 Å². The molecule has 0 aliphatic carbocycles. The van der Waals surface area contributed by atoms with E-state index in [2.05, 4.69) is 5.32 Å². The highest BCUT2D eigenvalue weighted by Crippen LogP contribution is 2.22. The Morgan fingerprint density at radius 1 is 1.35 bits per heavy atom. The maximum absolute atomic E-state index is 11.5. The molecule has 1 atom stereocenters. The summed E-state index contributed by atoms with van der Waals surface area (Å²) in [5.74, 6) is -0.686. The molecular weight excluding hydrogens is 224 g/mol. The molecule has 2 saturated heterocycles. The molecule has 2 rings (SSSR count). The summed E-state index contributed by atoms with van der Waals surface area (Å²) in [6.45, 7) is 1.32. The van der Waals surface area contributed by atoms with Crippen LogP contribution in [0.1, 0.15) is 19.3 Å². The minimum atomic E-state index is -0.346. The standard InChI is InChI=1S/C11H16N2O4/c1-17-11(16)7-2-4-13(5-3-7)8-6-9(14)12-10(8)15/h7-8H,2-6H2,1H3,(H,12,14,15). The quantitative estimate of drug-likeness (QED) is 0.509. The van der Waals surface area contributed by atoms with Crippen molar-refractivity contribution in [2.24, 2.45) is 5.92 Å². The fourth-order valence-corrected chi connectivity index (χ4v) is 2.45. The second-order valence-corrected chi connectivity index (χ2v) is 4.47. The van der Waals surface area contributed by atoms with Gasteiger partial charge in [0.15, 0.2) is 0 Å². The first-order valence-corrected chi connectivity index (χ1v) is 5.77. The van der Waals surface area contributed by atoms with Crippen LogP contribution in [0.2, 0.25) is 0 Å². The van der Waals surface area contributed by atoms with E-state index < -0.39 is 0 Å². The molecule has 0 aromatic heterocycles. The highest BCUT2D eigenvalue weighted by atomic mass is 16.5. The minimum Gasteiger partial charge on any atom is -0.469 e. The highest BCUT2D eigenvalue weighted by Gasteiger charge is 2.37. The zero-order chi connectivity index (χ0) is 12.4. The van der Waals surface area contributed by atoms with Crippen molar-refractivity contribution in [2.75, 3.05) is 20.2 Å². The maximum Gasteiger partial charge on any atom is 0.308 e. The fourth-order valence-electron chi connectivity index (χ4n) is 2.45. The maximum atomic E-state index is 11.5. The molecule has 0 aromatic carbocycles. The summed E-state index contributed by atoms with van der Waals surface area (Å²) in [7, 11) is 1.39. The average Bonchev–Trinajstić information content (AvgIpc) is 2.68. The lowest BCUT2D eigenvalue weighted by molar-refractivity contribution is -0.147. The summed E-state index contributed by atoms with van der Waals surface area (Å²) < 4.78 is 4.70. The van der Waals surface area contributed by atoms with Gasteiger partial charge in [0.2, 0.25) is 11.8 Å². The van der Waals surface area contributed by atoms with Crippen LogP contribution in [0.25, 0.3) is 0 Å². The number of carbonyl (C=O) groups is 3. The molecule has 2 fully saturated rings. The molecule has 2 amide bonds. The van der Waals surface area contributed by atoms with Crippen LogP contribution < -0.4 is 5.32 Å². The van der Waals surface area contributed by atoms with Crippen LogP contribution in [0.5, 0.6) is 0 Å². The molecular formula is C11H16N2O4. The van der Waals surface area contributed by atoms with Gasteiger partial charge >= 0.3 is 5.97 Å². The fraction of sp³-hybridized carbons (Fsp3) is 0.727. The zero-order valence-corrected chi connectivity index (χ0v) is 9.77. The van der Waals surface area contributed by atoms with Gasteiger partial charge in [-0.25, -0.2) is 0 Å². The third kappa shape index (κ3) is 2.46. The molecule has 1 unspecified atom stereocenters. The zero-order valence-electron chi connectivity index (χ0n) is 9.77. The summed E-state index contributed by atoms with van der Waals surface area (Å²) in [6.07, 6.45) is 1.61. The molecule has 6 nitrogen and oxygen atoms in total. The summed E-state index contributed by atoms with van der Waals surface area (Å²) in [4.78, 5) is 35.9. The number of hydrogen-bond acceptors (Lipinski definition) is 5. The van der Waals surface area contributed by atoms with Gasteiger partial charge in [-0.15, -0.1) is 0 Å². The van der Waals surface area contributed by atoms with Crippen molar-refractivity contribution in [3.05, 3.63) is 0 Å². The molecule has 0 aromatic rings. The lowest BCUT2D eigenvalue weighted by Gasteiger charge is -2.33. The Morgan fingerprint density at radius 3 is 2.47 bits per heavy atom. The van der Waals surface area contributed by atoms with E-state index in [-0.39, 0.29) is 36.2 Å². The number of rotatable bonds is 2. The molecule has 0 radical (unpaired) electrons. The van der Waals surface area contributed by atoms with E-state index in [1.54, 1.807) is 0 Å². The second kappa shape index (κ2) is 4.83. The molecule has 6 heteroatoms. The Labute approximate surface area is 99.3 Å². The molecule has 94 valence electrons. The van der Waals surface area contributed by atoms with E-state index in [9.17, 15) is 14.4 Å². The lowest BCUT2D eigenvalue weighted by Crippen LogP contribution is -2.46. The molecule has 0 spiro atoms. The number of nitrogens with one attached hydrogen (secondary N) is 1. The van der Waals surface area contributed by atoms with Crippen LogP contribution >= 0.6 is 0 Å². The Hall–Kier alpha value is -1.43. The van der Waals surface area contributed by atoms with Crippen LogP contribution in [0.4, 0.5) is 0 Å².